The third-order valence-electron chi connectivity index (χ3n) is 5.44. The molecule has 0 radical (unpaired) electrons. The van der Waals surface area contributed by atoms with E-state index in [0.29, 0.717) is 62.2 Å². The molecule has 0 aromatic heterocycles. The van der Waals surface area contributed by atoms with Crippen molar-refractivity contribution < 1.29 is 14.3 Å². The van der Waals surface area contributed by atoms with E-state index in [9.17, 15) is 9.59 Å². The number of ether oxygens (including phenoxy) is 1. The standard InChI is InChI=1S/C24H31ClN4O3/c1-24(2,16-26)17-29(22(30)18-6-4-3-5-7-18)15-19-14-20(8-9-21(19)25)27-23(31)28-10-12-32-13-11-28/h3-9,14H,10-13,15-17,26H2,1-2H3,(H,27,31). The summed E-state index contributed by atoms with van der Waals surface area (Å²) in [4.78, 5) is 29.3. The first-order valence-corrected chi connectivity index (χ1v) is 11.1. The summed E-state index contributed by atoms with van der Waals surface area (Å²) in [5.74, 6) is -0.0917. The molecule has 0 atom stereocenters. The van der Waals surface area contributed by atoms with E-state index in [1.807, 2.05) is 38.1 Å². The second-order valence-corrected chi connectivity index (χ2v) is 9.14. The lowest BCUT2D eigenvalue weighted by Crippen LogP contribution is -2.43. The van der Waals surface area contributed by atoms with E-state index in [2.05, 4.69) is 5.32 Å². The minimum Gasteiger partial charge on any atom is -0.378 e. The highest BCUT2D eigenvalue weighted by molar-refractivity contribution is 6.31. The molecule has 1 fully saturated rings. The monoisotopic (exact) mass is 458 g/mol. The number of nitrogens with one attached hydrogen (secondary N) is 1. The number of benzene rings is 2. The number of nitrogens with zero attached hydrogens (tertiary/aromatic N) is 2. The molecule has 1 aliphatic heterocycles. The Bertz CT molecular complexity index is 930. The van der Waals surface area contributed by atoms with E-state index >= 15 is 0 Å². The van der Waals surface area contributed by atoms with Gasteiger partial charge in [-0.3, -0.25) is 4.79 Å². The number of nitrogens with two attached hydrogens (primary N) is 1. The number of halogens is 1. The molecule has 7 nitrogen and oxygen atoms in total. The topological polar surface area (TPSA) is 87.9 Å². The molecule has 0 saturated carbocycles. The maximum absolute atomic E-state index is 13.3. The van der Waals surface area contributed by atoms with Crippen LogP contribution in [0.3, 0.4) is 0 Å². The third kappa shape index (κ3) is 6.45. The Morgan fingerprint density at radius 3 is 2.50 bits per heavy atom. The fraction of sp³-hybridized carbons (Fsp3) is 0.417. The Hall–Kier alpha value is -2.61. The van der Waals surface area contributed by atoms with Crippen molar-refractivity contribution >= 4 is 29.2 Å². The molecule has 3 rings (SSSR count). The summed E-state index contributed by atoms with van der Waals surface area (Å²) in [5.41, 5.74) is 7.67. The Morgan fingerprint density at radius 2 is 1.84 bits per heavy atom. The van der Waals surface area contributed by atoms with Crippen LogP contribution in [0.2, 0.25) is 5.02 Å². The first-order chi connectivity index (χ1) is 15.3. The lowest BCUT2D eigenvalue weighted by atomic mass is 9.92. The van der Waals surface area contributed by atoms with Crippen LogP contribution in [-0.4, -0.2) is 61.1 Å². The van der Waals surface area contributed by atoms with Gasteiger partial charge in [0.05, 0.1) is 13.2 Å². The minimum atomic E-state index is -0.265. The van der Waals surface area contributed by atoms with Gasteiger partial charge >= 0.3 is 6.03 Å². The van der Waals surface area contributed by atoms with E-state index in [0.717, 1.165) is 5.56 Å². The second kappa shape index (κ2) is 10.8. The summed E-state index contributed by atoms with van der Waals surface area (Å²) in [6.45, 7) is 7.45. The summed E-state index contributed by atoms with van der Waals surface area (Å²) in [6, 6.07) is 14.3. The van der Waals surface area contributed by atoms with E-state index in [-0.39, 0.29) is 17.4 Å². The van der Waals surface area contributed by atoms with Gasteiger partial charge in [-0.25, -0.2) is 4.79 Å². The molecule has 172 valence electrons. The van der Waals surface area contributed by atoms with Crippen molar-refractivity contribution in [2.24, 2.45) is 11.1 Å². The Morgan fingerprint density at radius 1 is 1.16 bits per heavy atom. The van der Waals surface area contributed by atoms with E-state index < -0.39 is 0 Å². The molecule has 3 amide bonds. The average molecular weight is 459 g/mol. The fourth-order valence-corrected chi connectivity index (χ4v) is 3.67. The zero-order valence-electron chi connectivity index (χ0n) is 18.6. The third-order valence-corrected chi connectivity index (χ3v) is 5.80. The zero-order valence-corrected chi connectivity index (χ0v) is 19.4. The molecule has 3 N–H and O–H groups in total. The van der Waals surface area contributed by atoms with Crippen molar-refractivity contribution in [2.45, 2.75) is 20.4 Å². The van der Waals surface area contributed by atoms with E-state index in [4.69, 9.17) is 22.1 Å². The number of hydrogen-bond acceptors (Lipinski definition) is 4. The van der Waals surface area contributed by atoms with E-state index in [1.165, 1.54) is 0 Å². The van der Waals surface area contributed by atoms with Gasteiger partial charge in [-0.2, -0.15) is 0 Å². The lowest BCUT2D eigenvalue weighted by Gasteiger charge is -2.32. The van der Waals surface area contributed by atoms with Gasteiger partial charge in [0.1, 0.15) is 0 Å². The molecular weight excluding hydrogens is 428 g/mol. The predicted molar refractivity (Wildman–Crippen MR) is 127 cm³/mol. The van der Waals surface area contributed by atoms with Crippen LogP contribution in [0.1, 0.15) is 29.8 Å². The molecule has 32 heavy (non-hydrogen) atoms. The number of amides is 3. The van der Waals surface area contributed by atoms with Crippen LogP contribution in [0.15, 0.2) is 48.5 Å². The van der Waals surface area contributed by atoms with Gasteiger partial charge in [0.25, 0.3) is 5.91 Å². The fourth-order valence-electron chi connectivity index (χ4n) is 3.49. The van der Waals surface area contributed by atoms with Gasteiger partial charge in [0, 0.05) is 42.5 Å². The highest BCUT2D eigenvalue weighted by Gasteiger charge is 2.26. The SMILES string of the molecule is CC(C)(CN)CN(Cc1cc(NC(=O)N2CCOCC2)ccc1Cl)C(=O)c1ccccc1. The largest absolute Gasteiger partial charge is 0.378 e. The first kappa shape index (κ1) is 24.0. The van der Waals surface area contributed by atoms with Gasteiger partial charge in [0.2, 0.25) is 0 Å². The van der Waals surface area contributed by atoms with Gasteiger partial charge in [-0.05, 0) is 47.9 Å². The van der Waals surface area contributed by atoms with Crippen LogP contribution in [0.5, 0.6) is 0 Å². The minimum absolute atomic E-state index is 0.0917. The number of hydrogen-bond donors (Lipinski definition) is 2. The van der Waals surface area contributed by atoms with Crippen LogP contribution in [0.25, 0.3) is 0 Å². The zero-order chi connectivity index (χ0) is 23.1. The van der Waals surface area contributed by atoms with Crippen molar-refractivity contribution in [1.82, 2.24) is 9.80 Å². The number of anilines is 1. The molecule has 1 heterocycles. The Balaban J connectivity index is 1.80. The quantitative estimate of drug-likeness (QED) is 0.660. The molecule has 0 unspecified atom stereocenters. The van der Waals surface area contributed by atoms with Crippen LogP contribution < -0.4 is 11.1 Å². The molecule has 0 spiro atoms. The van der Waals surface area contributed by atoms with Gasteiger partial charge in [-0.1, -0.05) is 43.6 Å². The molecule has 2 aromatic rings. The number of morpholine rings is 1. The summed E-state index contributed by atoms with van der Waals surface area (Å²) >= 11 is 6.48. The highest BCUT2D eigenvalue weighted by atomic mass is 35.5. The molecule has 8 heteroatoms. The van der Waals surface area contributed by atoms with Crippen molar-refractivity contribution in [2.75, 3.05) is 44.7 Å². The van der Waals surface area contributed by atoms with Crippen LogP contribution >= 0.6 is 11.6 Å². The Labute approximate surface area is 194 Å². The first-order valence-electron chi connectivity index (χ1n) is 10.8. The van der Waals surface area contributed by atoms with Gasteiger partial charge in [-0.15, -0.1) is 0 Å². The maximum atomic E-state index is 13.3. The molecule has 1 saturated heterocycles. The van der Waals surface area contributed by atoms with Crippen LogP contribution in [-0.2, 0) is 11.3 Å². The number of carbonyl (C=O) groups is 2. The Kier molecular flexibility index (Phi) is 8.12. The van der Waals surface area contributed by atoms with Crippen LogP contribution in [0, 0.1) is 5.41 Å². The van der Waals surface area contributed by atoms with Crippen LogP contribution in [0.4, 0.5) is 10.5 Å². The number of rotatable bonds is 7. The smallest absolute Gasteiger partial charge is 0.321 e. The normalized spacial score (nSPS) is 14.2. The maximum Gasteiger partial charge on any atom is 0.321 e. The molecule has 0 aliphatic carbocycles. The summed E-state index contributed by atoms with van der Waals surface area (Å²) < 4.78 is 5.30. The summed E-state index contributed by atoms with van der Waals surface area (Å²) in [5, 5.41) is 3.46. The molecule has 0 bridgehead atoms. The highest BCUT2D eigenvalue weighted by Crippen LogP contribution is 2.25. The van der Waals surface area contributed by atoms with Crippen molar-refractivity contribution in [3.8, 4) is 0 Å². The molecular formula is C24H31ClN4O3. The molecule has 1 aliphatic rings. The average Bonchev–Trinajstić information content (AvgIpc) is 2.81. The second-order valence-electron chi connectivity index (χ2n) is 8.73. The van der Waals surface area contributed by atoms with E-state index in [1.54, 1.807) is 34.1 Å². The van der Waals surface area contributed by atoms with Gasteiger partial charge < -0.3 is 25.6 Å². The molecule has 2 aromatic carbocycles. The predicted octanol–water partition coefficient (Wildman–Crippen LogP) is 3.83. The van der Waals surface area contributed by atoms with Gasteiger partial charge in [0.15, 0.2) is 0 Å². The van der Waals surface area contributed by atoms with Crippen molar-refractivity contribution in [1.29, 1.82) is 0 Å². The van der Waals surface area contributed by atoms with Crippen molar-refractivity contribution in [3.63, 3.8) is 0 Å². The number of urea groups is 1. The lowest BCUT2D eigenvalue weighted by molar-refractivity contribution is 0.0564. The van der Waals surface area contributed by atoms with Crippen molar-refractivity contribution in [3.05, 3.63) is 64.7 Å². The number of carbonyl (C=O) groups excluding carboxylic acids is 2. The summed E-state index contributed by atoms with van der Waals surface area (Å²) in [7, 11) is 0. The summed E-state index contributed by atoms with van der Waals surface area (Å²) in [6.07, 6.45) is 0.